The number of aliphatic hydroxyl groups excluding tert-OH is 11. The van der Waals surface area contributed by atoms with E-state index in [1.807, 2.05) is 18.2 Å². The summed E-state index contributed by atoms with van der Waals surface area (Å²) in [5.74, 6) is -0.373. The molecule has 0 spiro atoms. The smallest absolute Gasteiger partial charge is 0.220 e. The van der Waals surface area contributed by atoms with Gasteiger partial charge in [-0.25, -0.2) is 0 Å². The topological polar surface area (TPSA) is 307 Å². The summed E-state index contributed by atoms with van der Waals surface area (Å²) >= 11 is 0. The fraction of sp³-hybridized carbons (Fsp3) is 0.762. The van der Waals surface area contributed by atoms with Gasteiger partial charge < -0.3 is 89.9 Å². The van der Waals surface area contributed by atoms with E-state index in [4.69, 9.17) is 28.4 Å². The zero-order chi connectivity index (χ0) is 59.7. The molecule has 3 fully saturated rings. The van der Waals surface area contributed by atoms with Gasteiger partial charge >= 0.3 is 0 Å². The van der Waals surface area contributed by atoms with Gasteiger partial charge in [0.05, 0.1) is 38.6 Å². The molecule has 0 bridgehead atoms. The third kappa shape index (κ3) is 28.4. The average molecular weight is 1170 g/mol. The maximum atomic E-state index is 13.3. The van der Waals surface area contributed by atoms with Crippen molar-refractivity contribution in [3.8, 4) is 0 Å². The van der Waals surface area contributed by atoms with E-state index in [9.17, 15) is 61.0 Å². The van der Waals surface area contributed by atoms with E-state index in [0.29, 0.717) is 19.3 Å². The van der Waals surface area contributed by atoms with Crippen molar-refractivity contribution in [2.75, 3.05) is 26.4 Å². The Balaban J connectivity index is 1.51. The second-order valence-electron chi connectivity index (χ2n) is 21.8. The van der Waals surface area contributed by atoms with Crippen molar-refractivity contribution in [2.24, 2.45) is 0 Å². The van der Waals surface area contributed by atoms with Gasteiger partial charge in [-0.1, -0.05) is 182 Å². The third-order valence-electron chi connectivity index (χ3n) is 14.9. The van der Waals surface area contributed by atoms with Crippen molar-refractivity contribution in [2.45, 2.75) is 279 Å². The molecule has 3 aliphatic heterocycles. The fourth-order valence-electron chi connectivity index (χ4n) is 9.88. The van der Waals surface area contributed by atoms with Gasteiger partial charge in [-0.15, -0.1) is 0 Å². The number of allylic oxidation sites excluding steroid dienone is 13. The molecule has 19 nitrogen and oxygen atoms in total. The Hall–Kier alpha value is -3.03. The predicted molar refractivity (Wildman–Crippen MR) is 314 cm³/mol. The quantitative estimate of drug-likeness (QED) is 0.0247. The Morgan fingerprint density at radius 2 is 0.854 bits per heavy atom. The molecule has 3 heterocycles. The van der Waals surface area contributed by atoms with Crippen LogP contribution >= 0.6 is 0 Å². The van der Waals surface area contributed by atoms with E-state index in [0.717, 1.165) is 44.9 Å². The first-order chi connectivity index (χ1) is 39.8. The van der Waals surface area contributed by atoms with Gasteiger partial charge in [-0.3, -0.25) is 4.79 Å². The van der Waals surface area contributed by atoms with Crippen molar-refractivity contribution < 1.29 is 89.4 Å². The van der Waals surface area contributed by atoms with Crippen molar-refractivity contribution in [1.29, 1.82) is 0 Å². The third-order valence-corrected chi connectivity index (χ3v) is 14.9. The first-order valence-corrected chi connectivity index (χ1v) is 30.8. The lowest BCUT2D eigenvalue weighted by Crippen LogP contribution is -2.66. The zero-order valence-corrected chi connectivity index (χ0v) is 49.2. The highest BCUT2D eigenvalue weighted by Gasteiger charge is 2.53. The summed E-state index contributed by atoms with van der Waals surface area (Å²) in [6, 6.07) is -1.04. The van der Waals surface area contributed by atoms with Crippen molar-refractivity contribution >= 4 is 5.91 Å². The van der Waals surface area contributed by atoms with Crippen molar-refractivity contribution in [3.63, 3.8) is 0 Å². The second kappa shape index (κ2) is 45.3. The minimum Gasteiger partial charge on any atom is -0.394 e. The second-order valence-corrected chi connectivity index (χ2v) is 21.8. The molecule has 0 aliphatic carbocycles. The van der Waals surface area contributed by atoms with E-state index >= 15 is 0 Å². The number of hydrogen-bond donors (Lipinski definition) is 12. The number of hydrogen-bond acceptors (Lipinski definition) is 18. The fourth-order valence-corrected chi connectivity index (χ4v) is 9.88. The average Bonchev–Trinajstić information content (AvgIpc) is 3.42. The maximum Gasteiger partial charge on any atom is 0.220 e. The summed E-state index contributed by atoms with van der Waals surface area (Å²) in [4.78, 5) is 13.3. The van der Waals surface area contributed by atoms with Gasteiger partial charge in [0.15, 0.2) is 18.9 Å². The summed E-state index contributed by atoms with van der Waals surface area (Å²) in [6.07, 6.45) is 28.9. The van der Waals surface area contributed by atoms with Crippen LogP contribution in [0.3, 0.4) is 0 Å². The van der Waals surface area contributed by atoms with Gasteiger partial charge in [0.2, 0.25) is 5.91 Å². The largest absolute Gasteiger partial charge is 0.394 e. The number of amides is 1. The van der Waals surface area contributed by atoms with E-state index in [-0.39, 0.29) is 12.3 Å². The molecule has 17 atom stereocenters. The van der Waals surface area contributed by atoms with E-state index in [1.165, 1.54) is 89.9 Å². The minimum atomic E-state index is -1.99. The van der Waals surface area contributed by atoms with E-state index in [1.54, 1.807) is 6.08 Å². The Bertz CT molecular complexity index is 1820. The van der Waals surface area contributed by atoms with Crippen LogP contribution < -0.4 is 5.32 Å². The van der Waals surface area contributed by atoms with Crippen LogP contribution in [-0.4, -0.2) is 193 Å². The summed E-state index contributed by atoms with van der Waals surface area (Å²) < 4.78 is 34.2. The lowest BCUT2D eigenvalue weighted by atomic mass is 9.96. The van der Waals surface area contributed by atoms with Gasteiger partial charge in [0.1, 0.15) is 73.2 Å². The highest BCUT2D eigenvalue weighted by atomic mass is 16.8. The zero-order valence-electron chi connectivity index (χ0n) is 49.2. The Kier molecular flexibility index (Phi) is 40.5. The van der Waals surface area contributed by atoms with Gasteiger partial charge in [-0.2, -0.15) is 0 Å². The van der Waals surface area contributed by atoms with Crippen LogP contribution in [0.4, 0.5) is 0 Å². The molecule has 0 aromatic carbocycles. The molecule has 472 valence electrons. The Morgan fingerprint density at radius 1 is 0.451 bits per heavy atom. The highest BCUT2D eigenvalue weighted by molar-refractivity contribution is 5.76. The predicted octanol–water partition coefficient (Wildman–Crippen LogP) is 5.98. The van der Waals surface area contributed by atoms with Crippen LogP contribution in [0.15, 0.2) is 85.1 Å². The molecule has 12 N–H and O–H groups in total. The SMILES string of the molecule is CC/C=C\C/C=C\C/C=C\C/C=C\CCC(=O)NC(COC1OC(CO)C(OC2OC(CO)C(OC3OC(CO)C(O)C(O)C3O)C(O)C2O)C(O)C1O)C(O)/C=C/CC/C=C/CC/C=C/CCCCCCCCCCCCCCCC. The number of ether oxygens (including phenoxy) is 6. The van der Waals surface area contributed by atoms with Crippen LogP contribution in [0.25, 0.3) is 0 Å². The number of nitrogens with one attached hydrogen (secondary N) is 1. The standard InChI is InChI=1S/C63H107NO18/c1-3-5-7-9-11-13-15-17-18-19-20-21-22-23-24-25-26-27-29-30-32-34-36-38-40-47(68)46(64-51(69)41-39-37-35-33-31-28-16-14-12-10-8-6-4-2)45-77-61-57(75)54(72)59(49(43-66)79-61)82-63-58(76)55(73)60(50(44-67)80-63)81-62-56(74)53(71)52(70)48(42-65)78-62/h6,8,12,14,25-26,28,30-32,35,37-38,40,46-50,52-63,65-68,70-76H,3-5,7,9-11,13,15-24,27,29,33-34,36,39,41-45H2,1-2H3,(H,64,69)/b8-6-,14-12-,26-25+,31-28-,32-30+,37-35-,40-38+. The number of carbonyl (C=O) groups excluding carboxylic acids is 1. The molecule has 3 saturated heterocycles. The van der Waals surface area contributed by atoms with Gasteiger partial charge in [-0.05, 0) is 70.6 Å². The molecular weight excluding hydrogens is 1060 g/mol. The molecule has 3 rings (SSSR count). The first-order valence-electron chi connectivity index (χ1n) is 30.8. The van der Waals surface area contributed by atoms with Crippen LogP contribution in [0.1, 0.15) is 174 Å². The molecule has 0 saturated carbocycles. The number of carbonyl (C=O) groups is 1. The molecule has 0 radical (unpaired) electrons. The number of aliphatic hydroxyl groups is 11. The van der Waals surface area contributed by atoms with Crippen LogP contribution in [0.5, 0.6) is 0 Å². The Labute approximate surface area is 489 Å². The summed E-state index contributed by atoms with van der Waals surface area (Å²) in [5.41, 5.74) is 0. The van der Waals surface area contributed by atoms with Crippen LogP contribution in [0, 0.1) is 0 Å². The highest BCUT2D eigenvalue weighted by Crippen LogP contribution is 2.33. The number of rotatable bonds is 44. The Morgan fingerprint density at radius 3 is 1.35 bits per heavy atom. The molecule has 82 heavy (non-hydrogen) atoms. The summed E-state index contributed by atoms with van der Waals surface area (Å²) in [5, 5.41) is 120. The van der Waals surface area contributed by atoms with E-state index < -0.39 is 131 Å². The van der Waals surface area contributed by atoms with Crippen molar-refractivity contribution in [3.05, 3.63) is 85.1 Å². The van der Waals surface area contributed by atoms with Crippen molar-refractivity contribution in [1.82, 2.24) is 5.32 Å². The molecule has 0 aromatic rings. The number of unbranched alkanes of at least 4 members (excludes halogenated alkanes) is 16. The van der Waals surface area contributed by atoms with Gasteiger partial charge in [0.25, 0.3) is 0 Å². The van der Waals surface area contributed by atoms with Gasteiger partial charge in [0, 0.05) is 6.42 Å². The summed E-state index contributed by atoms with van der Waals surface area (Å²) in [6.45, 7) is 1.50. The lowest BCUT2D eigenvalue weighted by molar-refractivity contribution is -0.379. The molecular formula is C63H107NO18. The molecule has 0 aromatic heterocycles. The van der Waals surface area contributed by atoms with Crippen LogP contribution in [0.2, 0.25) is 0 Å². The molecule has 3 aliphatic rings. The minimum absolute atomic E-state index is 0.106. The van der Waals surface area contributed by atoms with E-state index in [2.05, 4.69) is 79.9 Å². The summed E-state index contributed by atoms with van der Waals surface area (Å²) in [7, 11) is 0. The monoisotopic (exact) mass is 1170 g/mol. The molecule has 17 unspecified atom stereocenters. The maximum absolute atomic E-state index is 13.3. The molecule has 1 amide bonds. The van der Waals surface area contributed by atoms with Crippen LogP contribution in [-0.2, 0) is 33.2 Å². The molecule has 19 heteroatoms. The first kappa shape index (κ1) is 73.2. The normalized spacial score (nSPS) is 30.2. The lowest BCUT2D eigenvalue weighted by Gasteiger charge is -2.48.